The zero-order valence-electron chi connectivity index (χ0n) is 18.0. The van der Waals surface area contributed by atoms with Crippen LogP contribution >= 0.6 is 0 Å². The quantitative estimate of drug-likeness (QED) is 0.121. The first-order chi connectivity index (χ1) is 17.4. The lowest BCUT2D eigenvalue weighted by molar-refractivity contribution is -0.384. The van der Waals surface area contributed by atoms with E-state index >= 15 is 0 Å². The Hall–Kier alpha value is -5.48. The van der Waals surface area contributed by atoms with E-state index in [1.807, 2.05) is 0 Å². The summed E-state index contributed by atoms with van der Waals surface area (Å²) in [6.07, 6.45) is -4.48. The Morgan fingerprint density at radius 1 is 1.14 bits per heavy atom. The highest BCUT2D eigenvalue weighted by molar-refractivity contribution is 5.97. The second-order valence-electron chi connectivity index (χ2n) is 7.12. The number of oxazole rings is 1. The molecule has 17 heteroatoms. The number of nitro groups is 1. The minimum atomic E-state index is -5.34. The second-order valence-corrected chi connectivity index (χ2v) is 7.12. The monoisotopic (exact) mass is 519 g/mol. The number of hydrogen-bond donors (Lipinski definition) is 4. The third kappa shape index (κ3) is 5.45. The van der Waals surface area contributed by atoms with Gasteiger partial charge in [-0.2, -0.15) is 18.2 Å². The molecule has 0 aliphatic heterocycles. The minimum Gasteiger partial charge on any atom is -0.419 e. The summed E-state index contributed by atoms with van der Waals surface area (Å²) >= 11 is 0. The number of fused-ring (bicyclic) bond motifs is 1. The number of ether oxygens (including phenoxy) is 1. The van der Waals surface area contributed by atoms with Crippen LogP contribution in [0.1, 0.15) is 10.4 Å². The number of amides is 1. The molecular weight excluding hydrogens is 507 g/mol. The summed E-state index contributed by atoms with van der Waals surface area (Å²) in [7, 11) is 0. The smallest absolute Gasteiger partial charge is 0.419 e. The van der Waals surface area contributed by atoms with Gasteiger partial charge in [0.05, 0.1) is 16.0 Å². The SMILES string of the molecule is NC(=O)c1ccc(Nc2ncc([N+](=O)[O-])c(Nc3ccc4oc(=O)[nH]c4c3)n2)cc1OC(=O)C(F)(F)F. The van der Waals surface area contributed by atoms with Crippen LogP contribution < -0.4 is 26.9 Å². The Labute approximate surface area is 201 Å². The van der Waals surface area contributed by atoms with Crippen LogP contribution in [0.25, 0.3) is 11.1 Å². The Morgan fingerprint density at radius 3 is 2.51 bits per heavy atom. The summed E-state index contributed by atoms with van der Waals surface area (Å²) in [4.78, 5) is 55.0. The summed E-state index contributed by atoms with van der Waals surface area (Å²) in [5.74, 6) is -5.78. The average molecular weight is 519 g/mol. The number of alkyl halides is 3. The van der Waals surface area contributed by atoms with E-state index in [-0.39, 0.29) is 28.7 Å². The number of rotatable bonds is 7. The van der Waals surface area contributed by atoms with Crippen LogP contribution in [0.4, 0.5) is 42.0 Å². The van der Waals surface area contributed by atoms with Crippen molar-refractivity contribution in [2.24, 2.45) is 5.73 Å². The third-order valence-electron chi connectivity index (χ3n) is 4.59. The second kappa shape index (κ2) is 9.29. The van der Waals surface area contributed by atoms with Crippen molar-refractivity contribution in [3.05, 3.63) is 68.8 Å². The van der Waals surface area contributed by atoms with Gasteiger partial charge in [-0.3, -0.25) is 19.9 Å². The largest absolute Gasteiger partial charge is 0.491 e. The van der Waals surface area contributed by atoms with E-state index in [9.17, 15) is 37.7 Å². The highest BCUT2D eigenvalue weighted by Gasteiger charge is 2.42. The minimum absolute atomic E-state index is 0.0489. The number of nitrogens with zero attached hydrogens (tertiary/aromatic N) is 3. The van der Waals surface area contributed by atoms with E-state index in [2.05, 4.69) is 30.3 Å². The lowest BCUT2D eigenvalue weighted by atomic mass is 10.1. The molecule has 4 aromatic rings. The van der Waals surface area contributed by atoms with Gasteiger partial charge in [-0.05, 0) is 30.3 Å². The van der Waals surface area contributed by atoms with Gasteiger partial charge >= 0.3 is 23.6 Å². The first-order valence-electron chi connectivity index (χ1n) is 9.82. The number of nitrogens with one attached hydrogen (secondary N) is 3. The van der Waals surface area contributed by atoms with E-state index in [1.54, 1.807) is 0 Å². The fourth-order valence-electron chi connectivity index (χ4n) is 3.00. The van der Waals surface area contributed by atoms with Crippen molar-refractivity contribution in [1.29, 1.82) is 0 Å². The summed E-state index contributed by atoms with van der Waals surface area (Å²) in [6, 6.07) is 7.39. The van der Waals surface area contributed by atoms with Crippen molar-refractivity contribution in [3.63, 3.8) is 0 Å². The maximum atomic E-state index is 12.6. The van der Waals surface area contributed by atoms with Crippen LogP contribution in [0.3, 0.4) is 0 Å². The lowest BCUT2D eigenvalue weighted by Crippen LogP contribution is -2.29. The molecule has 0 saturated carbocycles. The van der Waals surface area contributed by atoms with Gasteiger partial charge < -0.3 is 25.5 Å². The van der Waals surface area contributed by atoms with Crippen molar-refractivity contribution in [2.45, 2.75) is 6.18 Å². The molecule has 5 N–H and O–H groups in total. The summed E-state index contributed by atoms with van der Waals surface area (Å²) < 4.78 is 47.0. The molecule has 14 nitrogen and oxygen atoms in total. The summed E-state index contributed by atoms with van der Waals surface area (Å²) in [6.45, 7) is 0. The van der Waals surface area contributed by atoms with Crippen LogP contribution in [-0.4, -0.2) is 37.9 Å². The molecule has 2 heterocycles. The number of esters is 1. The van der Waals surface area contributed by atoms with Crippen molar-refractivity contribution in [3.8, 4) is 5.75 Å². The van der Waals surface area contributed by atoms with Crippen molar-refractivity contribution < 1.29 is 36.8 Å². The Kier molecular flexibility index (Phi) is 6.18. The first kappa shape index (κ1) is 24.6. The number of halogens is 3. The van der Waals surface area contributed by atoms with Gasteiger partial charge in [0.2, 0.25) is 11.8 Å². The van der Waals surface area contributed by atoms with Crippen LogP contribution in [-0.2, 0) is 4.79 Å². The maximum absolute atomic E-state index is 12.6. The number of H-pyrrole nitrogens is 1. The standard InChI is InChI=1S/C20H12F3N7O7/c21-20(22,23)17(32)36-14-6-9(1-3-10(14)15(24)31)27-18-25-7-12(30(34)35)16(29-18)26-8-2-4-13-11(5-8)28-19(33)37-13/h1-7H,(H2,24,31)(H,28,33)(H2,25,26,27,29). The van der Waals surface area contributed by atoms with Gasteiger partial charge in [0.15, 0.2) is 5.58 Å². The number of benzene rings is 2. The van der Waals surface area contributed by atoms with Crippen LogP contribution in [0.15, 0.2) is 51.8 Å². The fourth-order valence-corrected chi connectivity index (χ4v) is 3.00. The van der Waals surface area contributed by atoms with Gasteiger partial charge in [0.25, 0.3) is 5.91 Å². The number of hydrogen-bond acceptors (Lipinski definition) is 11. The van der Waals surface area contributed by atoms with Gasteiger partial charge in [-0.1, -0.05) is 0 Å². The molecule has 37 heavy (non-hydrogen) atoms. The Balaban J connectivity index is 1.65. The Bertz CT molecular complexity index is 1610. The number of carbonyl (C=O) groups is 2. The molecule has 2 aromatic carbocycles. The summed E-state index contributed by atoms with van der Waals surface area (Å²) in [5.41, 5.74) is 4.86. The molecule has 0 unspecified atom stereocenters. The molecule has 190 valence electrons. The molecule has 0 spiro atoms. The lowest BCUT2D eigenvalue weighted by Gasteiger charge is -2.13. The summed E-state index contributed by atoms with van der Waals surface area (Å²) in [5, 5.41) is 16.7. The highest BCUT2D eigenvalue weighted by Crippen LogP contribution is 2.30. The number of nitrogens with two attached hydrogens (primary N) is 1. The molecule has 4 rings (SSSR count). The van der Waals surface area contributed by atoms with Crippen LogP contribution in [0.5, 0.6) is 5.75 Å². The van der Waals surface area contributed by atoms with Crippen molar-refractivity contribution in [1.82, 2.24) is 15.0 Å². The predicted molar refractivity (Wildman–Crippen MR) is 119 cm³/mol. The molecule has 0 saturated heterocycles. The number of aromatic nitrogens is 3. The van der Waals surface area contributed by atoms with Gasteiger partial charge in [0, 0.05) is 17.4 Å². The Morgan fingerprint density at radius 2 is 1.84 bits per heavy atom. The molecule has 0 atom stereocenters. The van der Waals surface area contributed by atoms with Gasteiger partial charge in [0.1, 0.15) is 11.9 Å². The van der Waals surface area contributed by atoms with E-state index in [0.717, 1.165) is 18.3 Å². The molecule has 2 aromatic heterocycles. The van der Waals surface area contributed by atoms with Gasteiger partial charge in [-0.15, -0.1) is 0 Å². The molecular formula is C20H12F3N7O7. The predicted octanol–water partition coefficient (Wildman–Crippen LogP) is 2.87. The maximum Gasteiger partial charge on any atom is 0.491 e. The zero-order chi connectivity index (χ0) is 26.9. The van der Waals surface area contributed by atoms with E-state index in [1.165, 1.54) is 24.3 Å². The number of aromatic amines is 1. The third-order valence-corrected chi connectivity index (χ3v) is 4.59. The molecule has 0 aliphatic rings. The normalized spacial score (nSPS) is 11.2. The molecule has 0 aliphatic carbocycles. The molecule has 0 fully saturated rings. The van der Waals surface area contributed by atoms with E-state index in [4.69, 9.17) is 10.2 Å². The topological polar surface area (TPSA) is 208 Å². The number of primary amides is 1. The zero-order valence-corrected chi connectivity index (χ0v) is 18.0. The van der Waals surface area contributed by atoms with E-state index in [0.29, 0.717) is 5.52 Å². The van der Waals surface area contributed by atoms with Crippen molar-refractivity contribution in [2.75, 3.05) is 10.6 Å². The number of carbonyl (C=O) groups excluding carboxylic acids is 2. The average Bonchev–Trinajstić information content (AvgIpc) is 3.17. The fraction of sp³-hybridized carbons (Fsp3) is 0.0500. The van der Waals surface area contributed by atoms with E-state index < -0.39 is 45.7 Å². The molecule has 0 radical (unpaired) electrons. The molecule has 1 amide bonds. The van der Waals surface area contributed by atoms with Crippen LogP contribution in [0, 0.1) is 10.1 Å². The number of anilines is 4. The van der Waals surface area contributed by atoms with Crippen molar-refractivity contribution >= 4 is 51.8 Å². The van der Waals surface area contributed by atoms with Crippen LogP contribution in [0.2, 0.25) is 0 Å². The molecule has 0 bridgehead atoms. The highest BCUT2D eigenvalue weighted by atomic mass is 19.4. The van der Waals surface area contributed by atoms with Gasteiger partial charge in [-0.25, -0.2) is 14.6 Å². The first-order valence-corrected chi connectivity index (χ1v) is 9.82.